The van der Waals surface area contributed by atoms with Crippen LogP contribution in [-0.2, 0) is 11.2 Å². The predicted molar refractivity (Wildman–Crippen MR) is 94.8 cm³/mol. The second-order valence-electron chi connectivity index (χ2n) is 6.97. The number of hydrogen-bond acceptors (Lipinski definition) is 2. The third-order valence-corrected chi connectivity index (χ3v) is 5.67. The number of amides is 1. The largest absolute Gasteiger partial charge is 0.341 e. The summed E-state index contributed by atoms with van der Waals surface area (Å²) in [4.78, 5) is 17.4. The molecule has 3 rings (SSSR count). The minimum atomic E-state index is 0.211. The molecular formula is C19H27ClN2O. The zero-order valence-corrected chi connectivity index (χ0v) is 14.8. The van der Waals surface area contributed by atoms with Gasteiger partial charge in [-0.25, -0.2) is 0 Å². The van der Waals surface area contributed by atoms with Gasteiger partial charge in [-0.15, -0.1) is 0 Å². The van der Waals surface area contributed by atoms with Gasteiger partial charge < -0.3 is 4.90 Å². The van der Waals surface area contributed by atoms with Gasteiger partial charge in [0, 0.05) is 24.2 Å². The lowest BCUT2D eigenvalue weighted by atomic mass is 9.88. The van der Waals surface area contributed by atoms with Crippen LogP contribution in [0.25, 0.3) is 0 Å². The summed E-state index contributed by atoms with van der Waals surface area (Å²) >= 11 is 6.03. The van der Waals surface area contributed by atoms with E-state index in [1.807, 2.05) is 36.2 Å². The summed E-state index contributed by atoms with van der Waals surface area (Å²) in [5.74, 6) is 0.211. The van der Waals surface area contributed by atoms with E-state index >= 15 is 0 Å². The monoisotopic (exact) mass is 334 g/mol. The van der Waals surface area contributed by atoms with Crippen molar-refractivity contribution >= 4 is 17.5 Å². The van der Waals surface area contributed by atoms with Crippen LogP contribution in [0.5, 0.6) is 0 Å². The van der Waals surface area contributed by atoms with Crippen LogP contribution < -0.4 is 0 Å². The summed E-state index contributed by atoms with van der Waals surface area (Å²) < 4.78 is 0. The molecule has 0 radical (unpaired) electrons. The van der Waals surface area contributed by atoms with Crippen molar-refractivity contribution < 1.29 is 4.79 Å². The molecule has 1 aliphatic carbocycles. The SMILES string of the molecule is CN(C(=O)Cc1cccc(Cl)c1)[C@@H]1CCCC[C@@H]1N1CCCC1. The quantitative estimate of drug-likeness (QED) is 0.837. The maximum Gasteiger partial charge on any atom is 0.227 e. The van der Waals surface area contributed by atoms with E-state index in [9.17, 15) is 4.79 Å². The molecule has 0 N–H and O–H groups in total. The van der Waals surface area contributed by atoms with Crippen molar-refractivity contribution in [2.45, 2.75) is 57.0 Å². The average molecular weight is 335 g/mol. The number of halogens is 1. The third kappa shape index (κ3) is 4.07. The van der Waals surface area contributed by atoms with Gasteiger partial charge in [-0.3, -0.25) is 9.69 Å². The van der Waals surface area contributed by atoms with Crippen molar-refractivity contribution in [3.05, 3.63) is 34.9 Å². The smallest absolute Gasteiger partial charge is 0.227 e. The van der Waals surface area contributed by atoms with Gasteiger partial charge in [-0.2, -0.15) is 0 Å². The molecule has 1 aliphatic heterocycles. The first kappa shape index (κ1) is 16.8. The first-order valence-electron chi connectivity index (χ1n) is 8.89. The molecule has 4 heteroatoms. The molecule has 2 aliphatic rings. The lowest BCUT2D eigenvalue weighted by molar-refractivity contribution is -0.133. The lowest BCUT2D eigenvalue weighted by Crippen LogP contribution is -2.53. The van der Waals surface area contributed by atoms with Crippen molar-refractivity contribution in [1.82, 2.24) is 9.80 Å². The fourth-order valence-electron chi connectivity index (χ4n) is 4.17. The molecule has 0 aromatic heterocycles. The molecule has 1 aromatic carbocycles. The van der Waals surface area contributed by atoms with Crippen LogP contribution >= 0.6 is 11.6 Å². The summed E-state index contributed by atoms with van der Waals surface area (Å²) in [5.41, 5.74) is 1.00. The summed E-state index contributed by atoms with van der Waals surface area (Å²) in [6.07, 6.45) is 7.98. The molecule has 0 unspecified atom stereocenters. The number of likely N-dealkylation sites (tertiary alicyclic amines) is 1. The fourth-order valence-corrected chi connectivity index (χ4v) is 4.39. The Bertz CT molecular complexity index is 542. The van der Waals surface area contributed by atoms with Crippen molar-refractivity contribution in [1.29, 1.82) is 0 Å². The highest BCUT2D eigenvalue weighted by Crippen LogP contribution is 2.29. The van der Waals surface area contributed by atoms with Crippen LogP contribution in [0.2, 0.25) is 5.02 Å². The average Bonchev–Trinajstić information content (AvgIpc) is 3.08. The summed E-state index contributed by atoms with van der Waals surface area (Å²) in [6, 6.07) is 8.57. The Morgan fingerprint density at radius 3 is 2.70 bits per heavy atom. The second-order valence-corrected chi connectivity index (χ2v) is 7.41. The Kier molecular flexibility index (Phi) is 5.60. The maximum absolute atomic E-state index is 12.7. The lowest BCUT2D eigenvalue weighted by Gasteiger charge is -2.42. The van der Waals surface area contributed by atoms with Gasteiger partial charge in [0.1, 0.15) is 0 Å². The van der Waals surface area contributed by atoms with Crippen molar-refractivity contribution in [3.63, 3.8) is 0 Å². The molecule has 1 heterocycles. The molecule has 2 atom stereocenters. The predicted octanol–water partition coefficient (Wildman–Crippen LogP) is 3.75. The topological polar surface area (TPSA) is 23.6 Å². The van der Waals surface area contributed by atoms with Gasteiger partial charge in [-0.05, 0) is 56.5 Å². The Balaban J connectivity index is 1.66. The molecule has 126 valence electrons. The molecule has 2 fully saturated rings. The highest BCUT2D eigenvalue weighted by Gasteiger charge is 2.35. The van der Waals surface area contributed by atoms with Crippen LogP contribution in [-0.4, -0.2) is 47.9 Å². The fraction of sp³-hybridized carbons (Fsp3) is 0.632. The normalized spacial score (nSPS) is 25.5. The zero-order chi connectivity index (χ0) is 16.2. The number of nitrogens with zero attached hydrogens (tertiary/aromatic N) is 2. The third-order valence-electron chi connectivity index (χ3n) is 5.44. The van der Waals surface area contributed by atoms with E-state index in [1.165, 1.54) is 45.2 Å². The number of hydrogen-bond donors (Lipinski definition) is 0. The minimum Gasteiger partial charge on any atom is -0.341 e. The van der Waals surface area contributed by atoms with Gasteiger partial charge in [-0.1, -0.05) is 36.6 Å². The first-order chi connectivity index (χ1) is 11.1. The highest BCUT2D eigenvalue weighted by atomic mass is 35.5. The molecule has 0 bridgehead atoms. The molecular weight excluding hydrogens is 308 g/mol. The Morgan fingerprint density at radius 1 is 1.22 bits per heavy atom. The zero-order valence-electron chi connectivity index (χ0n) is 14.0. The Hall–Kier alpha value is -1.06. The standard InChI is InChI=1S/C19H27ClN2O/c1-21(19(23)14-15-7-6-8-16(20)13-15)17-9-2-3-10-18(17)22-11-4-5-12-22/h6-8,13,17-18H,2-5,9-12,14H2,1H3/t17-,18+/m1/s1. The van der Waals surface area contributed by atoms with E-state index in [1.54, 1.807) is 0 Å². The van der Waals surface area contributed by atoms with Gasteiger partial charge in [0.2, 0.25) is 5.91 Å². The van der Waals surface area contributed by atoms with Crippen LogP contribution in [0.3, 0.4) is 0 Å². The Morgan fingerprint density at radius 2 is 1.96 bits per heavy atom. The van der Waals surface area contributed by atoms with E-state index in [0.29, 0.717) is 23.5 Å². The Labute approximate surface area is 144 Å². The van der Waals surface area contributed by atoms with Crippen molar-refractivity contribution in [2.75, 3.05) is 20.1 Å². The number of likely N-dealkylation sites (N-methyl/N-ethyl adjacent to an activating group) is 1. The highest BCUT2D eigenvalue weighted by molar-refractivity contribution is 6.30. The minimum absolute atomic E-state index is 0.211. The van der Waals surface area contributed by atoms with E-state index < -0.39 is 0 Å². The van der Waals surface area contributed by atoms with E-state index in [-0.39, 0.29) is 5.91 Å². The summed E-state index contributed by atoms with van der Waals surface area (Å²) in [6.45, 7) is 2.41. The number of carbonyl (C=O) groups excluding carboxylic acids is 1. The van der Waals surface area contributed by atoms with E-state index in [2.05, 4.69) is 4.90 Å². The first-order valence-corrected chi connectivity index (χ1v) is 9.27. The summed E-state index contributed by atoms with van der Waals surface area (Å²) in [5, 5.41) is 0.700. The number of carbonyl (C=O) groups is 1. The molecule has 1 saturated carbocycles. The van der Waals surface area contributed by atoms with Gasteiger partial charge >= 0.3 is 0 Å². The van der Waals surface area contributed by atoms with Crippen LogP contribution in [0.15, 0.2) is 24.3 Å². The molecule has 3 nitrogen and oxygen atoms in total. The van der Waals surface area contributed by atoms with Crippen LogP contribution in [0.4, 0.5) is 0 Å². The molecule has 0 spiro atoms. The van der Waals surface area contributed by atoms with Crippen molar-refractivity contribution in [2.24, 2.45) is 0 Å². The van der Waals surface area contributed by atoms with E-state index in [4.69, 9.17) is 11.6 Å². The van der Waals surface area contributed by atoms with Crippen LogP contribution in [0.1, 0.15) is 44.1 Å². The van der Waals surface area contributed by atoms with Gasteiger partial charge in [0.25, 0.3) is 0 Å². The molecule has 1 amide bonds. The van der Waals surface area contributed by atoms with Crippen molar-refractivity contribution in [3.8, 4) is 0 Å². The second kappa shape index (κ2) is 7.67. The molecule has 1 aromatic rings. The van der Waals surface area contributed by atoms with Gasteiger partial charge in [0.15, 0.2) is 0 Å². The summed E-state index contributed by atoms with van der Waals surface area (Å²) in [7, 11) is 1.99. The van der Waals surface area contributed by atoms with Crippen LogP contribution in [0, 0.1) is 0 Å². The van der Waals surface area contributed by atoms with Gasteiger partial charge in [0.05, 0.1) is 6.42 Å². The number of rotatable bonds is 4. The molecule has 23 heavy (non-hydrogen) atoms. The maximum atomic E-state index is 12.7. The van der Waals surface area contributed by atoms with E-state index in [0.717, 1.165) is 12.0 Å². The molecule has 1 saturated heterocycles. The number of benzene rings is 1.